The monoisotopic (exact) mass is 453 g/mol. The molecule has 144 valence electrons. The Balaban J connectivity index is 0.00000529. The molecule has 0 aromatic heterocycles. The lowest BCUT2D eigenvalue weighted by Crippen LogP contribution is -2.46. The van der Waals surface area contributed by atoms with Crippen LogP contribution in [-0.4, -0.2) is 74.2 Å². The Hall–Kier alpha value is -0.0800. The maximum atomic E-state index is 4.33. The molecule has 0 saturated carbocycles. The number of hydrogen-bond donors (Lipinski definition) is 2. The summed E-state index contributed by atoms with van der Waals surface area (Å²) < 4.78 is 0. The van der Waals surface area contributed by atoms with Gasteiger partial charge in [-0.3, -0.25) is 9.89 Å². The highest BCUT2D eigenvalue weighted by Gasteiger charge is 2.13. The minimum absolute atomic E-state index is 0. The Morgan fingerprint density at radius 1 is 0.958 bits per heavy atom. The summed E-state index contributed by atoms with van der Waals surface area (Å²) in [6.07, 6.45) is 5.51. The Bertz CT molecular complexity index is 317. The molecule has 24 heavy (non-hydrogen) atoms. The van der Waals surface area contributed by atoms with Crippen molar-refractivity contribution in [1.29, 1.82) is 0 Å². The molecule has 1 aliphatic heterocycles. The van der Waals surface area contributed by atoms with Gasteiger partial charge in [0.05, 0.1) is 0 Å². The lowest BCUT2D eigenvalue weighted by molar-refractivity contribution is 0.178. The van der Waals surface area contributed by atoms with Crippen LogP contribution < -0.4 is 10.6 Å². The molecule has 0 aromatic carbocycles. The van der Waals surface area contributed by atoms with Gasteiger partial charge in [-0.2, -0.15) is 0 Å². The molecule has 0 spiro atoms. The number of hydrogen-bond acceptors (Lipinski definition) is 3. The molecule has 0 aliphatic carbocycles. The molecule has 0 unspecified atom stereocenters. The van der Waals surface area contributed by atoms with Gasteiger partial charge >= 0.3 is 0 Å². The van der Waals surface area contributed by atoms with Crippen molar-refractivity contribution in [1.82, 2.24) is 20.4 Å². The van der Waals surface area contributed by atoms with E-state index in [9.17, 15) is 0 Å². The molecular formula is C18H40IN5. The summed E-state index contributed by atoms with van der Waals surface area (Å²) in [5.74, 6) is 0.923. The number of nitrogens with zero attached hydrogens (tertiary/aromatic N) is 3. The quantitative estimate of drug-likeness (QED) is 0.337. The molecule has 0 bridgehead atoms. The van der Waals surface area contributed by atoms with Gasteiger partial charge in [0.15, 0.2) is 5.96 Å². The van der Waals surface area contributed by atoms with Gasteiger partial charge in [0.2, 0.25) is 0 Å². The van der Waals surface area contributed by atoms with E-state index in [0.29, 0.717) is 12.1 Å². The molecular weight excluding hydrogens is 413 g/mol. The smallest absolute Gasteiger partial charge is 0.191 e. The third kappa shape index (κ3) is 10.0. The minimum Gasteiger partial charge on any atom is -0.355 e. The molecule has 2 N–H and O–H groups in total. The maximum Gasteiger partial charge on any atom is 0.191 e. The van der Waals surface area contributed by atoms with Gasteiger partial charge in [-0.1, -0.05) is 12.8 Å². The Morgan fingerprint density at radius 2 is 1.50 bits per heavy atom. The van der Waals surface area contributed by atoms with Gasteiger partial charge < -0.3 is 15.5 Å². The first kappa shape index (κ1) is 23.9. The normalized spacial score (nSPS) is 17.1. The minimum atomic E-state index is 0. The van der Waals surface area contributed by atoms with Gasteiger partial charge in [-0.05, 0) is 53.6 Å². The maximum absolute atomic E-state index is 4.33. The fraction of sp³-hybridized carbons (Fsp3) is 0.944. The van der Waals surface area contributed by atoms with E-state index in [1.807, 2.05) is 7.05 Å². The fourth-order valence-corrected chi connectivity index (χ4v) is 3.33. The van der Waals surface area contributed by atoms with Crippen LogP contribution in [0.5, 0.6) is 0 Å². The van der Waals surface area contributed by atoms with Crippen LogP contribution in [0.2, 0.25) is 0 Å². The van der Waals surface area contributed by atoms with Crippen LogP contribution in [0.3, 0.4) is 0 Å². The lowest BCUT2D eigenvalue weighted by Gasteiger charge is -2.30. The summed E-state index contributed by atoms with van der Waals surface area (Å²) in [5, 5.41) is 6.89. The molecule has 1 fully saturated rings. The number of halogens is 1. The second-order valence-corrected chi connectivity index (χ2v) is 7.11. The molecule has 1 rings (SSSR count). The van der Waals surface area contributed by atoms with Crippen LogP contribution in [0, 0.1) is 0 Å². The van der Waals surface area contributed by atoms with E-state index >= 15 is 0 Å². The Labute approximate surface area is 167 Å². The highest BCUT2D eigenvalue weighted by atomic mass is 127. The van der Waals surface area contributed by atoms with Crippen molar-refractivity contribution in [2.45, 2.75) is 65.5 Å². The summed E-state index contributed by atoms with van der Waals surface area (Å²) in [6, 6.07) is 1.16. The Morgan fingerprint density at radius 3 is 2.00 bits per heavy atom. The van der Waals surface area contributed by atoms with Crippen molar-refractivity contribution in [3.63, 3.8) is 0 Å². The van der Waals surface area contributed by atoms with Crippen LogP contribution in [-0.2, 0) is 0 Å². The summed E-state index contributed by atoms with van der Waals surface area (Å²) in [4.78, 5) is 9.41. The number of likely N-dealkylation sites (tertiary alicyclic amines) is 1. The average Bonchev–Trinajstić information content (AvgIpc) is 2.77. The van der Waals surface area contributed by atoms with Gasteiger partial charge in [0.25, 0.3) is 0 Å². The molecule has 1 heterocycles. The van der Waals surface area contributed by atoms with Crippen LogP contribution in [0.25, 0.3) is 0 Å². The Kier molecular flexibility index (Phi) is 14.1. The zero-order valence-corrected chi connectivity index (χ0v) is 18.8. The predicted molar refractivity (Wildman–Crippen MR) is 117 cm³/mol. The zero-order valence-electron chi connectivity index (χ0n) is 16.5. The van der Waals surface area contributed by atoms with Gasteiger partial charge in [-0.25, -0.2) is 0 Å². The third-order valence-corrected chi connectivity index (χ3v) is 4.63. The highest BCUT2D eigenvalue weighted by Crippen LogP contribution is 2.08. The first-order chi connectivity index (χ1) is 11.0. The van der Waals surface area contributed by atoms with Gasteiger partial charge in [0.1, 0.15) is 0 Å². The van der Waals surface area contributed by atoms with Crippen molar-refractivity contribution in [3.8, 4) is 0 Å². The van der Waals surface area contributed by atoms with Gasteiger partial charge in [-0.15, -0.1) is 24.0 Å². The predicted octanol–water partition coefficient (Wildman–Crippen LogP) is 2.76. The number of guanidine groups is 1. The van der Waals surface area contributed by atoms with Crippen LogP contribution in [0.4, 0.5) is 0 Å². The molecule has 1 saturated heterocycles. The first-order valence-electron chi connectivity index (χ1n) is 9.47. The molecule has 6 heteroatoms. The van der Waals surface area contributed by atoms with Crippen molar-refractivity contribution < 1.29 is 0 Å². The molecule has 0 aromatic rings. The van der Waals surface area contributed by atoms with Crippen LogP contribution in [0.1, 0.15) is 53.4 Å². The summed E-state index contributed by atoms with van der Waals surface area (Å²) in [7, 11) is 1.85. The zero-order chi connectivity index (χ0) is 17.1. The third-order valence-electron chi connectivity index (χ3n) is 4.63. The van der Waals surface area contributed by atoms with Crippen molar-refractivity contribution in [2.24, 2.45) is 4.99 Å². The second kappa shape index (κ2) is 14.1. The van der Waals surface area contributed by atoms with Crippen molar-refractivity contribution in [2.75, 3.05) is 46.3 Å². The standard InChI is InChI=1S/C18H39N5.HI/c1-16(2)23(17(3)4)15-11-21-18(19-5)20-10-14-22-12-8-6-7-9-13-22;/h16-17H,6-15H2,1-5H3,(H2,19,20,21);1H. The van der Waals surface area contributed by atoms with E-state index in [0.717, 1.165) is 32.1 Å². The molecule has 5 nitrogen and oxygen atoms in total. The molecule has 0 amide bonds. The first-order valence-corrected chi connectivity index (χ1v) is 9.47. The summed E-state index contributed by atoms with van der Waals surface area (Å²) in [6.45, 7) is 15.6. The van der Waals surface area contributed by atoms with E-state index in [4.69, 9.17) is 0 Å². The van der Waals surface area contributed by atoms with E-state index in [2.05, 4.69) is 53.1 Å². The number of nitrogens with one attached hydrogen (secondary N) is 2. The second-order valence-electron chi connectivity index (χ2n) is 7.11. The highest BCUT2D eigenvalue weighted by molar-refractivity contribution is 14.0. The van der Waals surface area contributed by atoms with Crippen molar-refractivity contribution >= 4 is 29.9 Å². The number of aliphatic imine (C=N–C) groups is 1. The van der Waals surface area contributed by atoms with Gasteiger partial charge in [0, 0.05) is 45.3 Å². The van der Waals surface area contributed by atoms with E-state index in [-0.39, 0.29) is 24.0 Å². The van der Waals surface area contributed by atoms with E-state index in [1.54, 1.807) is 0 Å². The summed E-state index contributed by atoms with van der Waals surface area (Å²) in [5.41, 5.74) is 0. The van der Waals surface area contributed by atoms with Crippen LogP contribution >= 0.6 is 24.0 Å². The van der Waals surface area contributed by atoms with Crippen molar-refractivity contribution in [3.05, 3.63) is 0 Å². The van der Waals surface area contributed by atoms with Crippen LogP contribution in [0.15, 0.2) is 4.99 Å². The summed E-state index contributed by atoms with van der Waals surface area (Å²) >= 11 is 0. The topological polar surface area (TPSA) is 42.9 Å². The largest absolute Gasteiger partial charge is 0.355 e. The van der Waals surface area contributed by atoms with E-state index in [1.165, 1.54) is 38.8 Å². The molecule has 0 radical (unpaired) electrons. The average molecular weight is 453 g/mol. The molecule has 1 aliphatic rings. The lowest BCUT2D eigenvalue weighted by atomic mass is 10.2. The van der Waals surface area contributed by atoms with E-state index < -0.39 is 0 Å². The molecule has 0 atom stereocenters. The number of rotatable bonds is 8. The SMILES string of the molecule is CN=C(NCCN1CCCCCC1)NCCN(C(C)C)C(C)C.I. The fourth-order valence-electron chi connectivity index (χ4n) is 3.33.